The van der Waals surface area contributed by atoms with E-state index in [1.807, 2.05) is 36.9 Å². The largest absolute Gasteiger partial charge is 0.495 e. The first-order chi connectivity index (χ1) is 15.8. The zero-order valence-corrected chi connectivity index (χ0v) is 20.1. The van der Waals surface area contributed by atoms with E-state index in [0.717, 1.165) is 11.4 Å². The van der Waals surface area contributed by atoms with Crippen LogP contribution in [0.1, 0.15) is 32.5 Å². The minimum Gasteiger partial charge on any atom is -0.495 e. The maximum Gasteiger partial charge on any atom is 0.325 e. The number of ether oxygens (including phenoxy) is 1. The molecule has 2 atom stereocenters. The molecule has 2 aromatic heterocycles. The van der Waals surface area contributed by atoms with Gasteiger partial charge in [0.05, 0.1) is 41.9 Å². The molecular formula is C23H28ClN7O2. The molecule has 1 aromatic carbocycles. The Labute approximate surface area is 198 Å². The quantitative estimate of drug-likeness (QED) is 0.552. The number of nitrogens with zero attached hydrogens (tertiary/aromatic N) is 6. The zero-order chi connectivity index (χ0) is 23.7. The van der Waals surface area contributed by atoms with Crippen molar-refractivity contribution in [3.8, 4) is 11.4 Å². The van der Waals surface area contributed by atoms with Crippen LogP contribution in [0.2, 0.25) is 5.02 Å². The predicted octanol–water partition coefficient (Wildman–Crippen LogP) is 4.39. The molecule has 1 unspecified atom stereocenters. The Hall–Kier alpha value is -3.33. The standard InChI is InChI=1S/C23H28ClN7O2/c1-14(2)19-12-29(4)23(32)31(19)21-8-9-25-22(28-21)27-15(3)18-11-30(13-26-18)16-6-7-17(24)20(10-16)33-5/h6-11,13-15,19H,12H2,1-5H3,(H,25,27,28)/t15-,19?/m0/s1. The molecule has 2 amide bonds. The van der Waals surface area contributed by atoms with Crippen molar-refractivity contribution in [2.75, 3.05) is 30.9 Å². The van der Waals surface area contributed by atoms with Crippen LogP contribution in [0.25, 0.3) is 5.69 Å². The van der Waals surface area contributed by atoms with Crippen LogP contribution in [-0.2, 0) is 0 Å². The van der Waals surface area contributed by atoms with Gasteiger partial charge in [-0.25, -0.2) is 14.8 Å². The Kier molecular flexibility index (Phi) is 6.42. The lowest BCUT2D eigenvalue weighted by Crippen LogP contribution is -2.38. The van der Waals surface area contributed by atoms with Gasteiger partial charge in [-0.05, 0) is 31.0 Å². The minimum absolute atomic E-state index is 0.0523. The normalized spacial score (nSPS) is 17.1. The lowest BCUT2D eigenvalue weighted by atomic mass is 10.0. The third-order valence-corrected chi connectivity index (χ3v) is 6.12. The summed E-state index contributed by atoms with van der Waals surface area (Å²) in [6.07, 6.45) is 5.33. The van der Waals surface area contributed by atoms with Gasteiger partial charge in [0.15, 0.2) is 0 Å². The predicted molar refractivity (Wildman–Crippen MR) is 128 cm³/mol. The van der Waals surface area contributed by atoms with Crippen molar-refractivity contribution in [2.45, 2.75) is 32.9 Å². The third-order valence-electron chi connectivity index (χ3n) is 5.81. The number of hydrogen-bond donors (Lipinski definition) is 1. The number of carbonyl (C=O) groups excluding carboxylic acids is 1. The first-order valence-corrected chi connectivity index (χ1v) is 11.2. The van der Waals surface area contributed by atoms with Crippen LogP contribution in [-0.4, -0.2) is 57.2 Å². The molecule has 4 rings (SSSR count). The summed E-state index contributed by atoms with van der Waals surface area (Å²) >= 11 is 6.13. The number of anilines is 2. The monoisotopic (exact) mass is 469 g/mol. The summed E-state index contributed by atoms with van der Waals surface area (Å²) in [4.78, 5) is 29.7. The lowest BCUT2D eigenvalue weighted by molar-refractivity contribution is 0.229. The number of rotatable bonds is 7. The van der Waals surface area contributed by atoms with Crippen molar-refractivity contribution < 1.29 is 9.53 Å². The Morgan fingerprint density at radius 2 is 2.00 bits per heavy atom. The highest BCUT2D eigenvalue weighted by Crippen LogP contribution is 2.29. The first kappa shape index (κ1) is 22.8. The number of methoxy groups -OCH3 is 1. The highest BCUT2D eigenvalue weighted by molar-refractivity contribution is 6.32. The molecule has 10 heteroatoms. The van der Waals surface area contributed by atoms with E-state index in [1.54, 1.807) is 41.6 Å². The molecule has 174 valence electrons. The molecule has 0 aliphatic carbocycles. The van der Waals surface area contributed by atoms with Gasteiger partial charge in [0, 0.05) is 32.1 Å². The van der Waals surface area contributed by atoms with E-state index in [-0.39, 0.29) is 18.1 Å². The number of imidazole rings is 1. The van der Waals surface area contributed by atoms with E-state index in [4.69, 9.17) is 16.3 Å². The summed E-state index contributed by atoms with van der Waals surface area (Å²) in [6.45, 7) is 6.88. The second-order valence-corrected chi connectivity index (χ2v) is 8.88. The molecule has 1 fully saturated rings. The van der Waals surface area contributed by atoms with Gasteiger partial charge < -0.3 is 19.5 Å². The van der Waals surface area contributed by atoms with E-state index in [1.165, 1.54) is 0 Å². The number of halogens is 1. The fourth-order valence-electron chi connectivity index (χ4n) is 3.88. The van der Waals surface area contributed by atoms with Gasteiger partial charge in [-0.2, -0.15) is 4.98 Å². The number of hydrogen-bond acceptors (Lipinski definition) is 6. The summed E-state index contributed by atoms with van der Waals surface area (Å²) in [7, 11) is 3.40. The van der Waals surface area contributed by atoms with Crippen molar-refractivity contribution in [1.29, 1.82) is 0 Å². The average molecular weight is 470 g/mol. The summed E-state index contributed by atoms with van der Waals surface area (Å²) in [5.74, 6) is 1.93. The fraction of sp³-hybridized carbons (Fsp3) is 0.391. The molecule has 0 bridgehead atoms. The molecule has 1 N–H and O–H groups in total. The van der Waals surface area contributed by atoms with Gasteiger partial charge in [-0.1, -0.05) is 25.4 Å². The van der Waals surface area contributed by atoms with Crippen LogP contribution in [0.3, 0.4) is 0 Å². The number of urea groups is 1. The van der Waals surface area contributed by atoms with Crippen molar-refractivity contribution >= 4 is 29.4 Å². The molecule has 0 radical (unpaired) electrons. The topological polar surface area (TPSA) is 88.4 Å². The van der Waals surface area contributed by atoms with E-state index >= 15 is 0 Å². The van der Waals surface area contributed by atoms with E-state index in [9.17, 15) is 4.79 Å². The molecule has 9 nitrogen and oxygen atoms in total. The smallest absolute Gasteiger partial charge is 0.325 e. The van der Waals surface area contributed by atoms with Gasteiger partial charge in [0.25, 0.3) is 0 Å². The van der Waals surface area contributed by atoms with Crippen LogP contribution in [0, 0.1) is 5.92 Å². The number of nitrogens with one attached hydrogen (secondary N) is 1. The maximum atomic E-state index is 12.7. The summed E-state index contributed by atoms with van der Waals surface area (Å²) in [5.41, 5.74) is 1.70. The summed E-state index contributed by atoms with van der Waals surface area (Å²) in [5, 5.41) is 3.85. The summed E-state index contributed by atoms with van der Waals surface area (Å²) < 4.78 is 7.20. The molecule has 33 heavy (non-hydrogen) atoms. The van der Waals surface area contributed by atoms with E-state index in [2.05, 4.69) is 34.1 Å². The number of aromatic nitrogens is 4. The van der Waals surface area contributed by atoms with Crippen LogP contribution in [0.15, 0.2) is 43.0 Å². The van der Waals surface area contributed by atoms with Crippen molar-refractivity contribution in [2.24, 2.45) is 5.92 Å². The lowest BCUT2D eigenvalue weighted by Gasteiger charge is -2.25. The highest BCUT2D eigenvalue weighted by atomic mass is 35.5. The molecule has 3 aromatic rings. The maximum absolute atomic E-state index is 12.7. The highest BCUT2D eigenvalue weighted by Gasteiger charge is 2.38. The molecule has 0 spiro atoms. The third kappa shape index (κ3) is 4.59. The second-order valence-electron chi connectivity index (χ2n) is 8.47. The number of likely N-dealkylation sites (N-methyl/N-ethyl adjacent to an activating group) is 1. The van der Waals surface area contributed by atoms with Gasteiger partial charge >= 0.3 is 6.03 Å². The second kappa shape index (κ2) is 9.27. The first-order valence-electron chi connectivity index (χ1n) is 10.8. The van der Waals surface area contributed by atoms with Crippen LogP contribution in [0.5, 0.6) is 5.75 Å². The molecule has 1 saturated heterocycles. The van der Waals surface area contributed by atoms with Crippen LogP contribution < -0.4 is 15.0 Å². The number of benzene rings is 1. The fourth-order valence-corrected chi connectivity index (χ4v) is 4.07. The molecule has 3 heterocycles. The number of amides is 2. The molecule has 1 aliphatic heterocycles. The van der Waals surface area contributed by atoms with Crippen molar-refractivity contribution in [3.05, 3.63) is 53.7 Å². The van der Waals surface area contributed by atoms with Crippen LogP contribution >= 0.6 is 11.6 Å². The SMILES string of the molecule is COc1cc(-n2cnc([C@H](C)Nc3nccc(N4C(=O)N(C)CC4C(C)C)n3)c2)ccc1Cl. The van der Waals surface area contributed by atoms with Crippen molar-refractivity contribution in [3.63, 3.8) is 0 Å². The zero-order valence-electron chi connectivity index (χ0n) is 19.4. The van der Waals surface area contributed by atoms with Gasteiger partial charge in [-0.3, -0.25) is 4.90 Å². The van der Waals surface area contributed by atoms with Crippen molar-refractivity contribution in [1.82, 2.24) is 24.4 Å². The Balaban J connectivity index is 1.52. The molecule has 0 saturated carbocycles. The Bertz CT molecular complexity index is 1150. The summed E-state index contributed by atoms with van der Waals surface area (Å²) in [6, 6.07) is 7.17. The average Bonchev–Trinajstić information content (AvgIpc) is 3.40. The number of carbonyl (C=O) groups is 1. The molecular weight excluding hydrogens is 442 g/mol. The molecule has 1 aliphatic rings. The Morgan fingerprint density at radius 1 is 1.21 bits per heavy atom. The van der Waals surface area contributed by atoms with E-state index < -0.39 is 0 Å². The van der Waals surface area contributed by atoms with Crippen LogP contribution in [0.4, 0.5) is 16.6 Å². The van der Waals surface area contributed by atoms with Gasteiger partial charge in [-0.15, -0.1) is 0 Å². The van der Waals surface area contributed by atoms with Gasteiger partial charge in [0.2, 0.25) is 5.95 Å². The Morgan fingerprint density at radius 3 is 2.73 bits per heavy atom. The minimum atomic E-state index is -0.159. The van der Waals surface area contributed by atoms with E-state index in [0.29, 0.717) is 35.0 Å². The van der Waals surface area contributed by atoms with Gasteiger partial charge in [0.1, 0.15) is 11.6 Å².